The molecule has 0 bridgehead atoms. The fraction of sp³-hybridized carbons (Fsp3) is 0. The summed E-state index contributed by atoms with van der Waals surface area (Å²) < 4.78 is 5.10. The van der Waals surface area contributed by atoms with Gasteiger partial charge in [0.25, 0.3) is 0 Å². The molecule has 2 aromatic heterocycles. The maximum absolute atomic E-state index is 2.43. The van der Waals surface area contributed by atoms with Crippen LogP contribution in [-0.2, 0) is 0 Å². The van der Waals surface area contributed by atoms with Crippen LogP contribution in [-0.4, -0.2) is 4.57 Å². The van der Waals surface area contributed by atoms with Gasteiger partial charge in [-0.05, 0) is 102 Å². The van der Waals surface area contributed by atoms with Crippen LogP contribution >= 0.6 is 11.3 Å². The van der Waals surface area contributed by atoms with Crippen LogP contribution in [0.1, 0.15) is 0 Å². The molecule has 56 heavy (non-hydrogen) atoms. The topological polar surface area (TPSA) is 4.93 Å². The van der Waals surface area contributed by atoms with Crippen LogP contribution in [0.15, 0.2) is 200 Å². The first-order valence-electron chi connectivity index (χ1n) is 19.3. The summed E-state index contributed by atoms with van der Waals surface area (Å²) in [5.41, 5.74) is 11.2. The first kappa shape index (κ1) is 31.4. The lowest BCUT2D eigenvalue weighted by Gasteiger charge is -2.19. The summed E-state index contributed by atoms with van der Waals surface area (Å²) in [4.78, 5) is 0. The highest BCUT2D eigenvalue weighted by Crippen LogP contribution is 2.46. The van der Waals surface area contributed by atoms with E-state index in [0.717, 1.165) is 5.69 Å². The Labute approximate surface area is 327 Å². The van der Waals surface area contributed by atoms with Gasteiger partial charge in [0.1, 0.15) is 0 Å². The Bertz CT molecular complexity index is 3470. The summed E-state index contributed by atoms with van der Waals surface area (Å²) in [6, 6.07) is 73.9. The van der Waals surface area contributed by atoms with E-state index >= 15 is 0 Å². The van der Waals surface area contributed by atoms with E-state index in [1.165, 1.54) is 108 Å². The third kappa shape index (κ3) is 4.60. The predicted molar refractivity (Wildman–Crippen MR) is 242 cm³/mol. The molecule has 0 aliphatic carbocycles. The highest BCUT2D eigenvalue weighted by atomic mass is 32.1. The fourth-order valence-electron chi connectivity index (χ4n) is 9.34. The molecule has 0 radical (unpaired) electrons. The molecule has 0 saturated heterocycles. The summed E-state index contributed by atoms with van der Waals surface area (Å²) in [6.07, 6.45) is 0. The van der Waals surface area contributed by atoms with E-state index in [9.17, 15) is 0 Å². The molecule has 12 aromatic rings. The predicted octanol–water partition coefficient (Wildman–Crippen LogP) is 15.6. The lowest BCUT2D eigenvalue weighted by Crippen LogP contribution is -1.95. The molecule has 0 N–H and O–H groups in total. The largest absolute Gasteiger partial charge is 0.309 e. The number of aromatic nitrogens is 1. The van der Waals surface area contributed by atoms with E-state index < -0.39 is 0 Å². The van der Waals surface area contributed by atoms with Crippen LogP contribution in [0.25, 0.3) is 113 Å². The van der Waals surface area contributed by atoms with Gasteiger partial charge in [0.15, 0.2) is 0 Å². The van der Waals surface area contributed by atoms with E-state index in [0.29, 0.717) is 0 Å². The van der Waals surface area contributed by atoms with Gasteiger partial charge in [-0.15, -0.1) is 11.3 Å². The Balaban J connectivity index is 1.03. The van der Waals surface area contributed by atoms with Crippen molar-refractivity contribution in [3.63, 3.8) is 0 Å². The van der Waals surface area contributed by atoms with Gasteiger partial charge in [0.05, 0.1) is 11.0 Å². The smallest absolute Gasteiger partial charge is 0.0541 e. The number of benzene rings is 10. The summed E-state index contributed by atoms with van der Waals surface area (Å²) in [5.74, 6) is 0. The zero-order valence-electron chi connectivity index (χ0n) is 30.4. The van der Waals surface area contributed by atoms with Gasteiger partial charge < -0.3 is 4.57 Å². The first-order valence-corrected chi connectivity index (χ1v) is 20.1. The van der Waals surface area contributed by atoms with Crippen molar-refractivity contribution in [2.45, 2.75) is 0 Å². The summed E-state index contributed by atoms with van der Waals surface area (Å²) >= 11 is 1.89. The molecule has 0 saturated carbocycles. The summed E-state index contributed by atoms with van der Waals surface area (Å²) in [6.45, 7) is 0. The van der Waals surface area contributed by atoms with Gasteiger partial charge in [0, 0.05) is 36.6 Å². The second-order valence-corrected chi connectivity index (χ2v) is 15.8. The Hall–Kier alpha value is -7.00. The quantitative estimate of drug-likeness (QED) is 0.159. The van der Waals surface area contributed by atoms with Crippen LogP contribution in [0.3, 0.4) is 0 Å². The van der Waals surface area contributed by atoms with E-state index in [2.05, 4.69) is 205 Å². The van der Waals surface area contributed by atoms with Gasteiger partial charge in [-0.3, -0.25) is 0 Å². The lowest BCUT2D eigenvalue weighted by atomic mass is 9.85. The fourth-order valence-corrected chi connectivity index (χ4v) is 10.6. The van der Waals surface area contributed by atoms with Crippen LogP contribution in [0, 0.1) is 0 Å². The van der Waals surface area contributed by atoms with E-state index in [-0.39, 0.29) is 0 Å². The molecule has 10 aromatic carbocycles. The van der Waals surface area contributed by atoms with Gasteiger partial charge in [0.2, 0.25) is 0 Å². The molecule has 2 heteroatoms. The Morgan fingerprint density at radius 2 is 0.857 bits per heavy atom. The molecule has 0 amide bonds. The third-order valence-corrected chi connectivity index (χ3v) is 13.0. The molecule has 0 fully saturated rings. The van der Waals surface area contributed by atoms with Gasteiger partial charge in [-0.1, -0.05) is 164 Å². The molecule has 0 atom stereocenters. The Morgan fingerprint density at radius 1 is 0.321 bits per heavy atom. The number of thiophene rings is 1. The van der Waals surface area contributed by atoms with Gasteiger partial charge in [-0.2, -0.15) is 0 Å². The molecule has 0 unspecified atom stereocenters. The van der Waals surface area contributed by atoms with Crippen molar-refractivity contribution in [1.82, 2.24) is 4.57 Å². The average molecular weight is 728 g/mol. The zero-order valence-corrected chi connectivity index (χ0v) is 31.2. The normalized spacial score (nSPS) is 11.9. The number of fused-ring (bicyclic) bond motifs is 9. The minimum Gasteiger partial charge on any atom is -0.309 e. The highest BCUT2D eigenvalue weighted by Gasteiger charge is 2.19. The monoisotopic (exact) mass is 727 g/mol. The minimum atomic E-state index is 1.15. The highest BCUT2D eigenvalue weighted by molar-refractivity contribution is 7.26. The van der Waals surface area contributed by atoms with Crippen molar-refractivity contribution in [3.8, 4) is 39.1 Å². The lowest BCUT2D eigenvalue weighted by molar-refractivity contribution is 1.18. The van der Waals surface area contributed by atoms with Crippen LogP contribution < -0.4 is 0 Å². The van der Waals surface area contributed by atoms with Gasteiger partial charge in [-0.25, -0.2) is 0 Å². The van der Waals surface area contributed by atoms with Crippen molar-refractivity contribution in [2.24, 2.45) is 0 Å². The molecule has 1 nitrogen and oxygen atoms in total. The SMILES string of the molecule is c1ccc2c(-c3c4ccccc4c(-c4ccc(-n5c6ccccc6c6cc(-c7cccc8c7sc7ccccc78)ccc65)cc4)c4ccccc34)cccc2c1. The molecule has 12 rings (SSSR count). The van der Waals surface area contributed by atoms with Crippen LogP contribution in [0.4, 0.5) is 0 Å². The van der Waals surface area contributed by atoms with Crippen molar-refractivity contribution >= 4 is 85.6 Å². The maximum Gasteiger partial charge on any atom is 0.0541 e. The Kier molecular flexibility index (Phi) is 6.87. The second-order valence-electron chi connectivity index (χ2n) is 14.8. The number of rotatable bonds is 4. The van der Waals surface area contributed by atoms with Crippen LogP contribution in [0.5, 0.6) is 0 Å². The zero-order chi connectivity index (χ0) is 36.7. The number of hydrogen-bond donors (Lipinski definition) is 0. The standard InChI is InChI=1S/C54H33NS/c1-2-15-38-34(13-1)14-11-23-42(38)53-45-20-5-3-18-43(45)52(44-19-4-6-21-46(44)53)35-27-30-37(31-28-35)55-49-25-9-7-16-40(49)48-33-36(29-32-50(48)55)39-22-12-24-47-41-17-8-10-26-51(41)56-54(39)47/h1-33H. The van der Waals surface area contributed by atoms with Crippen LogP contribution in [0.2, 0.25) is 0 Å². The second kappa shape index (κ2) is 12.3. The molecular weight excluding hydrogens is 695 g/mol. The van der Waals surface area contributed by atoms with Crippen molar-refractivity contribution in [3.05, 3.63) is 200 Å². The van der Waals surface area contributed by atoms with Crippen molar-refractivity contribution in [1.29, 1.82) is 0 Å². The van der Waals surface area contributed by atoms with Crippen molar-refractivity contribution < 1.29 is 0 Å². The third-order valence-electron chi connectivity index (χ3n) is 11.8. The van der Waals surface area contributed by atoms with E-state index in [1.54, 1.807) is 0 Å². The average Bonchev–Trinajstić information content (AvgIpc) is 3.81. The molecule has 0 spiro atoms. The summed E-state index contributed by atoms with van der Waals surface area (Å²) in [7, 11) is 0. The molecule has 0 aliphatic rings. The van der Waals surface area contributed by atoms with E-state index in [4.69, 9.17) is 0 Å². The minimum absolute atomic E-state index is 1.15. The molecule has 2 heterocycles. The molecule has 260 valence electrons. The Morgan fingerprint density at radius 3 is 1.62 bits per heavy atom. The van der Waals surface area contributed by atoms with Gasteiger partial charge >= 0.3 is 0 Å². The summed E-state index contributed by atoms with van der Waals surface area (Å²) in [5, 5.41) is 12.8. The number of para-hydroxylation sites is 1. The number of nitrogens with zero attached hydrogens (tertiary/aromatic N) is 1. The molecular formula is C54H33NS. The van der Waals surface area contributed by atoms with E-state index in [1.807, 2.05) is 11.3 Å². The number of hydrogen-bond acceptors (Lipinski definition) is 1. The molecule has 0 aliphatic heterocycles. The first-order chi connectivity index (χ1) is 27.8. The maximum atomic E-state index is 2.43. The van der Waals surface area contributed by atoms with Crippen molar-refractivity contribution in [2.75, 3.05) is 0 Å².